The fraction of sp³-hybridized carbons (Fsp3) is 0.500. The zero-order valence-corrected chi connectivity index (χ0v) is 6.91. The van der Waals surface area contributed by atoms with E-state index in [0.717, 1.165) is 7.11 Å². The van der Waals surface area contributed by atoms with Crippen LogP contribution in [0.15, 0.2) is 0 Å². The molecule has 1 radical (unpaired) electrons. The molecule has 3 heteroatoms. The van der Waals surface area contributed by atoms with E-state index in [1.807, 2.05) is 0 Å². The van der Waals surface area contributed by atoms with E-state index in [1.165, 1.54) is 0 Å². The molecule has 0 saturated carbocycles. The Balaban J connectivity index is -0.0000000133. The van der Waals surface area contributed by atoms with Crippen LogP contribution in [0.3, 0.4) is 0 Å². The van der Waals surface area contributed by atoms with Crippen molar-refractivity contribution >= 4 is 12.6 Å². The van der Waals surface area contributed by atoms with E-state index in [4.69, 9.17) is 5.11 Å². The maximum atomic E-state index is 7.00. The van der Waals surface area contributed by atoms with Crippen LogP contribution in [0, 0.1) is 6.26 Å². The van der Waals surface area contributed by atoms with Gasteiger partial charge in [0.25, 0.3) is 0 Å². The molecule has 0 spiro atoms. The van der Waals surface area contributed by atoms with Gasteiger partial charge in [-0.05, 0) is 0 Å². The summed E-state index contributed by atoms with van der Waals surface area (Å²) in [6.07, 6.45) is 2.94. The summed E-state index contributed by atoms with van der Waals surface area (Å²) in [7, 11) is 1.00. The number of hydrogen-bond acceptors (Lipinski definition) is 2. The minimum atomic E-state index is 0. The Bertz CT molecular complexity index is 9.61. The third-order valence-corrected chi connectivity index (χ3v) is 0. The van der Waals surface area contributed by atoms with Gasteiger partial charge in [-0.3, -0.25) is 6.26 Å². The minimum Gasteiger partial charge on any atom is -0.400 e. The van der Waals surface area contributed by atoms with Crippen LogP contribution in [0.1, 0.15) is 0 Å². The predicted octanol–water partition coefficient (Wildman–Crippen LogP) is 0.314. The average Bonchev–Trinajstić information content (AvgIpc) is 1.50. The van der Waals surface area contributed by atoms with E-state index in [9.17, 15) is 0 Å². The van der Waals surface area contributed by atoms with Crippen LogP contribution in [0.25, 0.3) is 0 Å². The number of aliphatic hydroxyl groups excluding tert-OH is 1. The number of thiol groups is 1. The molecule has 31 valence electrons. The van der Waals surface area contributed by atoms with E-state index in [2.05, 4.69) is 18.9 Å². The van der Waals surface area contributed by atoms with Crippen molar-refractivity contribution in [2.75, 3.05) is 7.11 Å². The second kappa shape index (κ2) is 52.8. The van der Waals surface area contributed by atoms with Crippen molar-refractivity contribution in [1.82, 2.24) is 0 Å². The van der Waals surface area contributed by atoms with Gasteiger partial charge in [0.1, 0.15) is 0 Å². The van der Waals surface area contributed by atoms with Gasteiger partial charge in [-0.1, -0.05) is 0 Å². The van der Waals surface area contributed by atoms with E-state index < -0.39 is 0 Å². The fourth-order valence-corrected chi connectivity index (χ4v) is 0. The van der Waals surface area contributed by atoms with Crippen molar-refractivity contribution in [3.63, 3.8) is 0 Å². The van der Waals surface area contributed by atoms with Gasteiger partial charge >= 0.3 is 0 Å². The molecule has 1 nitrogen and oxygen atoms in total. The summed E-state index contributed by atoms with van der Waals surface area (Å²) in [6, 6.07) is 0. The first-order valence-corrected chi connectivity index (χ1v) is 1.40. The molecule has 0 aromatic carbocycles. The summed E-state index contributed by atoms with van der Waals surface area (Å²) >= 11 is 3.28. The molecule has 0 fully saturated rings. The predicted molar refractivity (Wildman–Crippen MR) is 22.5 cm³/mol. The molecule has 0 unspecified atom stereocenters. The molecule has 0 atom stereocenters. The first-order valence-electron chi connectivity index (χ1n) is 0.763. The zero-order valence-electron chi connectivity index (χ0n) is 3.18. The SMILES string of the molecule is CO.[CH2-]S.[Y]. The normalized spacial score (nSPS) is 2.40. The first-order chi connectivity index (χ1) is 2.00. The molecule has 0 aromatic heterocycles. The molecule has 1 N–H and O–H groups in total. The van der Waals surface area contributed by atoms with Crippen LogP contribution < -0.4 is 0 Å². The molecule has 0 saturated heterocycles. The summed E-state index contributed by atoms with van der Waals surface area (Å²) in [5.41, 5.74) is 0. The molecular formula is C2H7OSY-. The van der Waals surface area contributed by atoms with Crippen molar-refractivity contribution in [1.29, 1.82) is 0 Å². The fourth-order valence-electron chi connectivity index (χ4n) is 0. The van der Waals surface area contributed by atoms with Gasteiger partial charge in [0.05, 0.1) is 0 Å². The van der Waals surface area contributed by atoms with Gasteiger partial charge < -0.3 is 17.7 Å². The Morgan fingerprint density at radius 3 is 1.40 bits per heavy atom. The summed E-state index contributed by atoms with van der Waals surface area (Å²) in [4.78, 5) is 0. The molecule has 0 aliphatic heterocycles. The molecule has 0 aliphatic carbocycles. The zero-order chi connectivity index (χ0) is 4.00. The second-order valence-electron chi connectivity index (χ2n) is 0. The third-order valence-electron chi connectivity index (χ3n) is 0. The van der Waals surface area contributed by atoms with E-state index >= 15 is 0 Å². The van der Waals surface area contributed by atoms with Crippen LogP contribution in [-0.4, -0.2) is 12.2 Å². The minimum absolute atomic E-state index is 0. The van der Waals surface area contributed by atoms with Crippen LogP contribution in [-0.2, 0) is 32.7 Å². The van der Waals surface area contributed by atoms with Crippen molar-refractivity contribution < 1.29 is 37.8 Å². The Morgan fingerprint density at radius 2 is 1.40 bits per heavy atom. The molecule has 0 aliphatic rings. The quantitative estimate of drug-likeness (QED) is 0.394. The molecular weight excluding hydrogens is 161 g/mol. The first kappa shape index (κ1) is 16.1. The molecule has 0 aromatic rings. The Morgan fingerprint density at radius 1 is 1.40 bits per heavy atom. The van der Waals surface area contributed by atoms with Gasteiger partial charge in [-0.2, -0.15) is 0 Å². The molecule has 0 heterocycles. The topological polar surface area (TPSA) is 20.2 Å². The average molecular weight is 168 g/mol. The maximum Gasteiger partial charge on any atom is 0.0319 e. The van der Waals surface area contributed by atoms with Gasteiger partial charge in [0.15, 0.2) is 0 Å². The standard InChI is InChI=1S/CH4O.CH3S.Y/c2*1-2;/h2H,1H3;2H,1H2;/q;-1;. The Labute approximate surface area is 63.4 Å². The number of rotatable bonds is 0. The molecule has 0 rings (SSSR count). The van der Waals surface area contributed by atoms with Gasteiger partial charge in [-0.15, -0.1) is 0 Å². The van der Waals surface area contributed by atoms with E-state index in [0.29, 0.717) is 0 Å². The maximum absolute atomic E-state index is 7.00. The molecule has 0 amide bonds. The van der Waals surface area contributed by atoms with Gasteiger partial charge in [0, 0.05) is 39.8 Å². The largest absolute Gasteiger partial charge is 0.400 e. The monoisotopic (exact) mass is 168 g/mol. The number of aliphatic hydroxyl groups is 1. The van der Waals surface area contributed by atoms with Crippen LogP contribution in [0.4, 0.5) is 0 Å². The van der Waals surface area contributed by atoms with Crippen LogP contribution in [0.2, 0.25) is 0 Å². The van der Waals surface area contributed by atoms with E-state index in [-0.39, 0.29) is 32.7 Å². The van der Waals surface area contributed by atoms with Crippen LogP contribution >= 0.6 is 12.6 Å². The van der Waals surface area contributed by atoms with Gasteiger partial charge in [0.2, 0.25) is 0 Å². The Kier molecular flexibility index (Phi) is 170. The van der Waals surface area contributed by atoms with Gasteiger partial charge in [-0.25, -0.2) is 0 Å². The van der Waals surface area contributed by atoms with Crippen LogP contribution in [0.5, 0.6) is 0 Å². The number of hydrogen-bond donors (Lipinski definition) is 2. The van der Waals surface area contributed by atoms with Crippen molar-refractivity contribution in [2.24, 2.45) is 0 Å². The summed E-state index contributed by atoms with van der Waals surface area (Å²) in [6.45, 7) is 0. The Hall–Kier alpha value is 1.41. The molecule has 5 heavy (non-hydrogen) atoms. The van der Waals surface area contributed by atoms with Crippen molar-refractivity contribution in [3.05, 3.63) is 6.26 Å². The van der Waals surface area contributed by atoms with Crippen molar-refractivity contribution in [2.45, 2.75) is 0 Å². The van der Waals surface area contributed by atoms with E-state index in [1.54, 1.807) is 0 Å². The molecule has 0 bridgehead atoms. The second-order valence-corrected chi connectivity index (χ2v) is 0. The smallest absolute Gasteiger partial charge is 0.0319 e. The summed E-state index contributed by atoms with van der Waals surface area (Å²) < 4.78 is 0. The van der Waals surface area contributed by atoms with Crippen molar-refractivity contribution in [3.8, 4) is 0 Å². The third kappa shape index (κ3) is 31.6. The summed E-state index contributed by atoms with van der Waals surface area (Å²) in [5.74, 6) is 0. The summed E-state index contributed by atoms with van der Waals surface area (Å²) in [5, 5.41) is 7.00.